The average Bonchev–Trinajstić information content (AvgIpc) is 3.35. The summed E-state index contributed by atoms with van der Waals surface area (Å²) in [4.78, 5) is 29.6. The molecule has 2 amide bonds. The van der Waals surface area contributed by atoms with E-state index in [1.165, 1.54) is 10.9 Å². The summed E-state index contributed by atoms with van der Waals surface area (Å²) in [7, 11) is 0. The van der Waals surface area contributed by atoms with E-state index in [4.69, 9.17) is 4.74 Å². The van der Waals surface area contributed by atoms with Gasteiger partial charge in [-0.15, -0.1) is 0 Å². The third-order valence-electron chi connectivity index (χ3n) is 6.73. The Morgan fingerprint density at radius 2 is 1.84 bits per heavy atom. The number of ether oxygens (including phenoxy) is 1. The van der Waals surface area contributed by atoms with Crippen molar-refractivity contribution in [3.63, 3.8) is 0 Å². The second-order valence-corrected chi connectivity index (χ2v) is 8.68. The average molecular weight is 435 g/mol. The number of anilines is 1. The van der Waals surface area contributed by atoms with Crippen LogP contribution in [0.15, 0.2) is 42.5 Å². The number of hydrogen-bond acceptors (Lipinski definition) is 4. The molecule has 2 aromatic carbocycles. The van der Waals surface area contributed by atoms with E-state index in [1.54, 1.807) is 0 Å². The zero-order chi connectivity index (χ0) is 22.1. The van der Waals surface area contributed by atoms with Crippen molar-refractivity contribution in [2.45, 2.75) is 19.9 Å². The maximum Gasteiger partial charge on any atom is 0.229 e. The normalized spacial score (nSPS) is 19.8. The van der Waals surface area contributed by atoms with Crippen molar-refractivity contribution in [1.82, 2.24) is 14.4 Å². The van der Waals surface area contributed by atoms with Gasteiger partial charge < -0.3 is 19.5 Å². The Bertz CT molecular complexity index is 1150. The first-order valence-corrected chi connectivity index (χ1v) is 11.5. The monoisotopic (exact) mass is 434 g/mol. The Morgan fingerprint density at radius 1 is 1.06 bits per heavy atom. The van der Waals surface area contributed by atoms with Crippen molar-refractivity contribution in [2.24, 2.45) is 5.92 Å². The van der Waals surface area contributed by atoms with Gasteiger partial charge in [0.25, 0.3) is 0 Å². The Kier molecular flexibility index (Phi) is 5.85. The van der Waals surface area contributed by atoms with E-state index in [1.807, 2.05) is 17.0 Å². The molecule has 32 heavy (non-hydrogen) atoms. The standard InChI is InChI=1S/C25H30N4O3/c1-2-29-22-6-4-3-5-20(22)21-16-19(7-8-23(21)29)26-25(31)18-15-24(30)28(17-18)10-9-27-11-13-32-14-12-27/h3-8,16,18H,2,9-15,17H2,1H3,(H,26,31). The van der Waals surface area contributed by atoms with Crippen molar-refractivity contribution in [1.29, 1.82) is 0 Å². The summed E-state index contributed by atoms with van der Waals surface area (Å²) in [6.45, 7) is 8.34. The van der Waals surface area contributed by atoms with Crippen molar-refractivity contribution < 1.29 is 14.3 Å². The predicted octanol–water partition coefficient (Wildman–Crippen LogP) is 2.93. The van der Waals surface area contributed by atoms with Crippen LogP contribution in [0.1, 0.15) is 13.3 Å². The molecule has 1 atom stereocenters. The minimum atomic E-state index is -0.306. The minimum absolute atomic E-state index is 0.0693. The van der Waals surface area contributed by atoms with Gasteiger partial charge in [0.2, 0.25) is 11.8 Å². The second kappa shape index (κ2) is 8.92. The third-order valence-corrected chi connectivity index (χ3v) is 6.73. The lowest BCUT2D eigenvalue weighted by atomic mass is 10.1. The van der Waals surface area contributed by atoms with Crippen LogP contribution in [0.4, 0.5) is 5.69 Å². The largest absolute Gasteiger partial charge is 0.379 e. The van der Waals surface area contributed by atoms with E-state index in [0.29, 0.717) is 13.1 Å². The van der Waals surface area contributed by atoms with Gasteiger partial charge in [0.15, 0.2) is 0 Å². The number of carbonyl (C=O) groups excluding carboxylic acids is 2. The molecule has 2 saturated heterocycles. The predicted molar refractivity (Wildman–Crippen MR) is 126 cm³/mol. The van der Waals surface area contributed by atoms with E-state index >= 15 is 0 Å². The van der Waals surface area contributed by atoms with Gasteiger partial charge in [0, 0.05) is 73.2 Å². The highest BCUT2D eigenvalue weighted by molar-refractivity contribution is 6.10. The number of nitrogens with zero attached hydrogens (tertiary/aromatic N) is 3. The quantitative estimate of drug-likeness (QED) is 0.648. The second-order valence-electron chi connectivity index (χ2n) is 8.68. The summed E-state index contributed by atoms with van der Waals surface area (Å²) < 4.78 is 7.67. The molecule has 1 aromatic heterocycles. The molecular formula is C25H30N4O3. The molecule has 0 bridgehead atoms. The van der Waals surface area contributed by atoms with E-state index in [9.17, 15) is 9.59 Å². The molecule has 3 aromatic rings. The molecule has 0 saturated carbocycles. The van der Waals surface area contributed by atoms with Crippen LogP contribution >= 0.6 is 0 Å². The van der Waals surface area contributed by atoms with Gasteiger partial charge in [-0.1, -0.05) is 18.2 Å². The van der Waals surface area contributed by atoms with Gasteiger partial charge in [-0.25, -0.2) is 0 Å². The van der Waals surface area contributed by atoms with Crippen LogP contribution in [0.3, 0.4) is 0 Å². The number of aryl methyl sites for hydroxylation is 1. The van der Waals surface area contributed by atoms with Crippen LogP contribution in [-0.2, 0) is 20.9 Å². The van der Waals surface area contributed by atoms with Gasteiger partial charge >= 0.3 is 0 Å². The highest BCUT2D eigenvalue weighted by Crippen LogP contribution is 2.31. The van der Waals surface area contributed by atoms with Crippen LogP contribution in [0.2, 0.25) is 0 Å². The van der Waals surface area contributed by atoms with Crippen molar-refractivity contribution in [3.8, 4) is 0 Å². The molecule has 1 N–H and O–H groups in total. The fourth-order valence-electron chi connectivity index (χ4n) is 4.97. The molecule has 7 heteroatoms. The molecule has 0 radical (unpaired) electrons. The first-order valence-electron chi connectivity index (χ1n) is 11.5. The highest BCUT2D eigenvalue weighted by Gasteiger charge is 2.34. The number of carbonyl (C=O) groups is 2. The third kappa shape index (κ3) is 3.98. The molecule has 1 unspecified atom stereocenters. The summed E-state index contributed by atoms with van der Waals surface area (Å²) >= 11 is 0. The van der Waals surface area contributed by atoms with Gasteiger partial charge in [-0.05, 0) is 31.2 Å². The van der Waals surface area contributed by atoms with Gasteiger partial charge in [0.1, 0.15) is 0 Å². The number of aromatic nitrogens is 1. The molecule has 7 nitrogen and oxygen atoms in total. The summed E-state index contributed by atoms with van der Waals surface area (Å²) in [6.07, 6.45) is 0.284. The molecule has 0 spiro atoms. The first-order chi connectivity index (χ1) is 15.6. The zero-order valence-electron chi connectivity index (χ0n) is 18.5. The molecule has 3 heterocycles. The van der Waals surface area contributed by atoms with E-state index in [2.05, 4.69) is 52.0 Å². The number of benzene rings is 2. The molecule has 0 aliphatic carbocycles. The Hall–Kier alpha value is -2.90. The summed E-state index contributed by atoms with van der Waals surface area (Å²) in [5.41, 5.74) is 3.14. The van der Waals surface area contributed by atoms with Gasteiger partial charge in [-0.2, -0.15) is 0 Å². The van der Waals surface area contributed by atoms with E-state index in [0.717, 1.165) is 56.0 Å². The lowest BCUT2D eigenvalue weighted by Crippen LogP contribution is -2.42. The smallest absolute Gasteiger partial charge is 0.229 e. The summed E-state index contributed by atoms with van der Waals surface area (Å²) in [5.74, 6) is -0.314. The number of hydrogen-bond donors (Lipinski definition) is 1. The summed E-state index contributed by atoms with van der Waals surface area (Å²) in [6, 6.07) is 14.4. The van der Waals surface area contributed by atoms with E-state index in [-0.39, 0.29) is 24.2 Å². The summed E-state index contributed by atoms with van der Waals surface area (Å²) in [5, 5.41) is 5.38. The van der Waals surface area contributed by atoms with Gasteiger partial charge in [0.05, 0.1) is 19.1 Å². The maximum absolute atomic E-state index is 13.0. The first kappa shape index (κ1) is 21.0. The number of para-hydroxylation sites is 1. The van der Waals surface area contributed by atoms with Crippen molar-refractivity contribution >= 4 is 39.3 Å². The topological polar surface area (TPSA) is 66.8 Å². The number of morpholine rings is 1. The Labute approximate surface area is 187 Å². The maximum atomic E-state index is 13.0. The SMILES string of the molecule is CCn1c2ccccc2c2cc(NC(=O)C3CC(=O)N(CCN4CCOCC4)C3)ccc21. The number of likely N-dealkylation sites (tertiary alicyclic amines) is 1. The van der Waals surface area contributed by atoms with Gasteiger partial charge in [-0.3, -0.25) is 14.5 Å². The lowest BCUT2D eigenvalue weighted by Gasteiger charge is -2.28. The fraction of sp³-hybridized carbons (Fsp3) is 0.440. The zero-order valence-corrected chi connectivity index (χ0v) is 18.5. The Balaban J connectivity index is 1.26. The van der Waals surface area contributed by atoms with Crippen LogP contribution in [0.25, 0.3) is 21.8 Å². The van der Waals surface area contributed by atoms with E-state index < -0.39 is 0 Å². The number of fused-ring (bicyclic) bond motifs is 3. The number of nitrogens with one attached hydrogen (secondary N) is 1. The molecule has 2 fully saturated rings. The molecular weight excluding hydrogens is 404 g/mol. The number of amides is 2. The van der Waals surface area contributed by atoms with Crippen LogP contribution in [-0.4, -0.2) is 72.1 Å². The Morgan fingerprint density at radius 3 is 2.66 bits per heavy atom. The van der Waals surface area contributed by atoms with Crippen LogP contribution in [0, 0.1) is 5.92 Å². The fourth-order valence-corrected chi connectivity index (χ4v) is 4.97. The van der Waals surface area contributed by atoms with Crippen LogP contribution < -0.4 is 5.32 Å². The highest BCUT2D eigenvalue weighted by atomic mass is 16.5. The minimum Gasteiger partial charge on any atom is -0.379 e. The molecule has 2 aliphatic rings. The molecule has 168 valence electrons. The van der Waals surface area contributed by atoms with Crippen LogP contribution in [0.5, 0.6) is 0 Å². The van der Waals surface area contributed by atoms with Crippen molar-refractivity contribution in [2.75, 3.05) is 51.3 Å². The van der Waals surface area contributed by atoms with Crippen molar-refractivity contribution in [3.05, 3.63) is 42.5 Å². The lowest BCUT2D eigenvalue weighted by molar-refractivity contribution is -0.128. The number of rotatable bonds is 6. The molecule has 5 rings (SSSR count). The molecule has 2 aliphatic heterocycles.